The molecule has 2 aliphatic rings. The van der Waals surface area contributed by atoms with Gasteiger partial charge in [0, 0.05) is 39.3 Å². The van der Waals surface area contributed by atoms with Gasteiger partial charge in [-0.1, -0.05) is 0 Å². The van der Waals surface area contributed by atoms with Crippen molar-refractivity contribution in [3.05, 3.63) is 0 Å². The third kappa shape index (κ3) is 5.47. The number of ether oxygens (including phenoxy) is 2. The minimum atomic E-state index is -3.40. The van der Waals surface area contributed by atoms with E-state index in [1.807, 2.05) is 0 Å². The Bertz CT molecular complexity index is 458. The molecule has 2 heterocycles. The highest BCUT2D eigenvalue weighted by Gasteiger charge is 2.25. The first kappa shape index (κ1) is 17.6. The molecular formula is C13H25N3O5S. The molecule has 0 aliphatic carbocycles. The molecule has 0 atom stereocenters. The summed E-state index contributed by atoms with van der Waals surface area (Å²) < 4.78 is 35.6. The summed E-state index contributed by atoms with van der Waals surface area (Å²) in [5, 5.41) is 0. The minimum Gasteiger partial charge on any atom is -0.379 e. The van der Waals surface area contributed by atoms with E-state index >= 15 is 0 Å². The Morgan fingerprint density at radius 1 is 1.05 bits per heavy atom. The third-order valence-electron chi connectivity index (χ3n) is 3.91. The molecule has 0 N–H and O–H groups in total. The van der Waals surface area contributed by atoms with E-state index in [0.717, 1.165) is 19.3 Å². The molecule has 0 unspecified atom stereocenters. The van der Waals surface area contributed by atoms with Gasteiger partial charge in [-0.05, 0) is 0 Å². The van der Waals surface area contributed by atoms with Crippen LogP contribution in [0.15, 0.2) is 0 Å². The summed E-state index contributed by atoms with van der Waals surface area (Å²) in [7, 11) is -3.40. The van der Waals surface area contributed by atoms with E-state index in [-0.39, 0.29) is 12.5 Å². The van der Waals surface area contributed by atoms with Gasteiger partial charge < -0.3 is 14.4 Å². The monoisotopic (exact) mass is 335 g/mol. The van der Waals surface area contributed by atoms with Crippen molar-refractivity contribution in [2.24, 2.45) is 0 Å². The maximum absolute atomic E-state index is 12.2. The zero-order chi connectivity index (χ0) is 16.0. The van der Waals surface area contributed by atoms with Gasteiger partial charge >= 0.3 is 0 Å². The smallest absolute Gasteiger partial charge is 0.238 e. The van der Waals surface area contributed by atoms with Crippen molar-refractivity contribution < 1.29 is 22.7 Å². The molecule has 128 valence electrons. The molecule has 1 amide bonds. The summed E-state index contributed by atoms with van der Waals surface area (Å²) in [6.45, 7) is 5.88. The van der Waals surface area contributed by atoms with Crippen LogP contribution in [0.3, 0.4) is 0 Å². The van der Waals surface area contributed by atoms with Crippen molar-refractivity contribution in [1.82, 2.24) is 14.1 Å². The maximum atomic E-state index is 12.2. The second kappa shape index (κ2) is 8.21. The highest BCUT2D eigenvalue weighted by molar-refractivity contribution is 7.88. The van der Waals surface area contributed by atoms with Crippen LogP contribution in [-0.2, 0) is 24.3 Å². The molecule has 2 aliphatic heterocycles. The Balaban J connectivity index is 1.86. The van der Waals surface area contributed by atoms with Gasteiger partial charge in [-0.25, -0.2) is 8.42 Å². The molecule has 2 saturated heterocycles. The number of carbonyl (C=O) groups is 1. The molecule has 8 nitrogen and oxygen atoms in total. The minimum absolute atomic E-state index is 0.0941. The Morgan fingerprint density at radius 3 is 2.14 bits per heavy atom. The first-order valence-electron chi connectivity index (χ1n) is 7.57. The Hall–Kier alpha value is -0.740. The molecule has 0 radical (unpaired) electrons. The highest BCUT2D eigenvalue weighted by Crippen LogP contribution is 2.05. The lowest BCUT2D eigenvalue weighted by Crippen LogP contribution is -2.49. The largest absolute Gasteiger partial charge is 0.379 e. The summed E-state index contributed by atoms with van der Waals surface area (Å²) in [5.74, 6) is -0.157. The predicted octanol–water partition coefficient (Wildman–Crippen LogP) is -1.56. The number of nitrogens with zero attached hydrogens (tertiary/aromatic N) is 3. The van der Waals surface area contributed by atoms with Crippen molar-refractivity contribution >= 4 is 15.9 Å². The quantitative estimate of drug-likeness (QED) is 0.584. The standard InChI is InChI=1S/C13H25N3O5S/c1-22(18,19)16(3-2-14-4-8-20-9-5-14)12-13(17)15-6-10-21-11-7-15/h2-12H2,1H3. The van der Waals surface area contributed by atoms with Gasteiger partial charge in [0.05, 0.1) is 39.2 Å². The van der Waals surface area contributed by atoms with E-state index in [1.54, 1.807) is 4.90 Å². The van der Waals surface area contributed by atoms with Gasteiger partial charge in [0.25, 0.3) is 0 Å². The molecular weight excluding hydrogens is 310 g/mol. The van der Waals surface area contributed by atoms with E-state index in [9.17, 15) is 13.2 Å². The van der Waals surface area contributed by atoms with Crippen molar-refractivity contribution in [1.29, 1.82) is 0 Å². The number of carbonyl (C=O) groups excluding carboxylic acids is 1. The number of morpholine rings is 2. The first-order chi connectivity index (χ1) is 10.5. The molecule has 2 rings (SSSR count). The van der Waals surface area contributed by atoms with Crippen LogP contribution >= 0.6 is 0 Å². The fraction of sp³-hybridized carbons (Fsp3) is 0.923. The molecule has 0 aromatic heterocycles. The lowest BCUT2D eigenvalue weighted by atomic mass is 10.4. The van der Waals surface area contributed by atoms with Crippen LogP contribution in [0.25, 0.3) is 0 Å². The molecule has 0 spiro atoms. The van der Waals surface area contributed by atoms with E-state index in [4.69, 9.17) is 9.47 Å². The van der Waals surface area contributed by atoms with Gasteiger partial charge in [-0.2, -0.15) is 4.31 Å². The summed E-state index contributed by atoms with van der Waals surface area (Å²) in [6.07, 6.45) is 1.15. The predicted molar refractivity (Wildman–Crippen MR) is 81.1 cm³/mol. The van der Waals surface area contributed by atoms with Gasteiger partial charge in [-0.15, -0.1) is 0 Å². The number of rotatable bonds is 6. The highest BCUT2D eigenvalue weighted by atomic mass is 32.2. The Morgan fingerprint density at radius 2 is 1.59 bits per heavy atom. The molecule has 0 aromatic carbocycles. The maximum Gasteiger partial charge on any atom is 0.238 e. The molecule has 0 aromatic rings. The summed E-state index contributed by atoms with van der Waals surface area (Å²) in [4.78, 5) is 16.1. The average molecular weight is 335 g/mol. The first-order valence-corrected chi connectivity index (χ1v) is 9.42. The van der Waals surface area contributed by atoms with E-state index < -0.39 is 10.0 Å². The lowest BCUT2D eigenvalue weighted by molar-refractivity contribution is -0.135. The van der Waals surface area contributed by atoms with Gasteiger partial charge in [0.1, 0.15) is 0 Å². The van der Waals surface area contributed by atoms with Crippen LogP contribution in [0.4, 0.5) is 0 Å². The van der Waals surface area contributed by atoms with Crippen molar-refractivity contribution in [3.8, 4) is 0 Å². The van der Waals surface area contributed by atoms with Gasteiger partial charge in [0.15, 0.2) is 0 Å². The van der Waals surface area contributed by atoms with E-state index in [0.29, 0.717) is 52.6 Å². The third-order valence-corrected chi connectivity index (χ3v) is 5.16. The number of hydrogen-bond acceptors (Lipinski definition) is 6. The Kier molecular flexibility index (Phi) is 6.57. The number of hydrogen-bond donors (Lipinski definition) is 0. The van der Waals surface area contributed by atoms with Crippen molar-refractivity contribution in [3.63, 3.8) is 0 Å². The average Bonchev–Trinajstić information content (AvgIpc) is 2.52. The van der Waals surface area contributed by atoms with Crippen LogP contribution in [0.5, 0.6) is 0 Å². The SMILES string of the molecule is CS(=O)(=O)N(CCN1CCOCC1)CC(=O)N1CCOCC1. The van der Waals surface area contributed by atoms with Crippen LogP contribution in [0, 0.1) is 0 Å². The van der Waals surface area contributed by atoms with Crippen LogP contribution in [0.2, 0.25) is 0 Å². The van der Waals surface area contributed by atoms with Crippen LogP contribution in [0.1, 0.15) is 0 Å². The second-order valence-electron chi connectivity index (χ2n) is 5.54. The van der Waals surface area contributed by atoms with Crippen LogP contribution in [-0.4, -0.2) is 107 Å². The summed E-state index contributed by atoms with van der Waals surface area (Å²) >= 11 is 0. The summed E-state index contributed by atoms with van der Waals surface area (Å²) in [5.41, 5.74) is 0. The summed E-state index contributed by atoms with van der Waals surface area (Å²) in [6, 6.07) is 0. The van der Waals surface area contributed by atoms with E-state index in [2.05, 4.69) is 4.90 Å². The topological polar surface area (TPSA) is 79.4 Å². The molecule has 22 heavy (non-hydrogen) atoms. The van der Waals surface area contributed by atoms with Crippen molar-refractivity contribution in [2.75, 3.05) is 78.5 Å². The van der Waals surface area contributed by atoms with Gasteiger partial charge in [-0.3, -0.25) is 9.69 Å². The zero-order valence-corrected chi connectivity index (χ0v) is 13.9. The second-order valence-corrected chi connectivity index (χ2v) is 7.53. The number of amides is 1. The van der Waals surface area contributed by atoms with Crippen molar-refractivity contribution in [2.45, 2.75) is 0 Å². The normalized spacial score (nSPS) is 21.3. The molecule has 9 heteroatoms. The molecule has 0 bridgehead atoms. The van der Waals surface area contributed by atoms with E-state index in [1.165, 1.54) is 4.31 Å². The number of sulfonamides is 1. The molecule has 2 fully saturated rings. The Labute approximate surface area is 132 Å². The van der Waals surface area contributed by atoms with Gasteiger partial charge in [0.2, 0.25) is 15.9 Å². The lowest BCUT2D eigenvalue weighted by Gasteiger charge is -2.31. The fourth-order valence-corrected chi connectivity index (χ4v) is 3.26. The zero-order valence-electron chi connectivity index (χ0n) is 13.1. The fourth-order valence-electron chi connectivity index (χ4n) is 2.50. The van der Waals surface area contributed by atoms with Crippen LogP contribution < -0.4 is 0 Å². The molecule has 0 saturated carbocycles.